The van der Waals surface area contributed by atoms with Crippen LogP contribution in [-0.4, -0.2) is 21.0 Å². The van der Waals surface area contributed by atoms with Crippen LogP contribution in [0.5, 0.6) is 0 Å². The van der Waals surface area contributed by atoms with E-state index < -0.39 is 0 Å². The molecule has 1 aliphatic carbocycles. The third-order valence-corrected chi connectivity index (χ3v) is 6.77. The normalized spacial score (nSPS) is 27.8. The van der Waals surface area contributed by atoms with Crippen molar-refractivity contribution < 1.29 is 0 Å². The molecule has 0 saturated heterocycles. The average molecular weight is 369 g/mol. The first-order valence-electron chi connectivity index (χ1n) is 9.61. The van der Waals surface area contributed by atoms with Crippen LogP contribution in [0.25, 0.3) is 0 Å². The van der Waals surface area contributed by atoms with E-state index in [4.69, 9.17) is 0 Å². The van der Waals surface area contributed by atoms with Crippen LogP contribution in [0.15, 0.2) is 73.5 Å². The lowest BCUT2D eigenvalue weighted by molar-refractivity contribution is 0.191. The van der Waals surface area contributed by atoms with Gasteiger partial charge in [0.05, 0.1) is 6.20 Å². The second-order valence-corrected chi connectivity index (χ2v) is 8.00. The van der Waals surface area contributed by atoms with Crippen molar-refractivity contribution in [1.82, 2.24) is 15.0 Å². The summed E-state index contributed by atoms with van der Waals surface area (Å²) in [6.45, 7) is 6.96. The van der Waals surface area contributed by atoms with E-state index in [2.05, 4.69) is 82.4 Å². The van der Waals surface area contributed by atoms with Gasteiger partial charge in [-0.3, -0.25) is 4.98 Å². The van der Waals surface area contributed by atoms with Crippen molar-refractivity contribution in [2.75, 3.05) is 10.2 Å². The summed E-state index contributed by atoms with van der Waals surface area (Å²) in [5, 5.41) is 3.59. The van der Waals surface area contributed by atoms with E-state index in [-0.39, 0.29) is 16.9 Å². The highest BCUT2D eigenvalue weighted by Gasteiger charge is 2.55. The number of para-hydroxylation sites is 1. The number of rotatable bonds is 1. The van der Waals surface area contributed by atoms with E-state index in [9.17, 15) is 0 Å². The fraction of sp³-hybridized carbons (Fsp3) is 0.261. The van der Waals surface area contributed by atoms with Crippen molar-refractivity contribution in [1.29, 1.82) is 0 Å². The van der Waals surface area contributed by atoms with Crippen LogP contribution in [0.3, 0.4) is 0 Å². The van der Waals surface area contributed by atoms with Gasteiger partial charge in [0.25, 0.3) is 0 Å². The molecule has 1 aromatic carbocycles. The number of fused-ring (bicyclic) bond motifs is 4. The number of pyridine rings is 1. The molecule has 2 aliphatic rings. The zero-order valence-electron chi connectivity index (χ0n) is 16.3. The van der Waals surface area contributed by atoms with Crippen LogP contribution >= 0.6 is 0 Å². The molecule has 3 atom stereocenters. The zero-order valence-corrected chi connectivity index (χ0v) is 16.3. The molecule has 28 heavy (non-hydrogen) atoms. The average Bonchev–Trinajstić information content (AvgIpc) is 2.75. The SMILES string of the molecule is CC1N(c2ccncc2)c2cncnc2Nc2ccccc2C2(C)C=CC12C. The summed E-state index contributed by atoms with van der Waals surface area (Å²) in [6, 6.07) is 12.8. The van der Waals surface area contributed by atoms with E-state index in [0.717, 1.165) is 22.9 Å². The monoisotopic (exact) mass is 369 g/mol. The summed E-state index contributed by atoms with van der Waals surface area (Å²) < 4.78 is 0. The first kappa shape index (κ1) is 16.9. The molecule has 0 fully saturated rings. The Bertz CT molecular complexity index is 1060. The highest BCUT2D eigenvalue weighted by Crippen LogP contribution is 2.58. The van der Waals surface area contributed by atoms with Gasteiger partial charge in [0, 0.05) is 40.6 Å². The molecular formula is C23H23N5. The van der Waals surface area contributed by atoms with Crippen molar-refractivity contribution in [2.24, 2.45) is 5.41 Å². The molecule has 0 spiro atoms. The second-order valence-electron chi connectivity index (χ2n) is 8.00. The fourth-order valence-electron chi connectivity index (χ4n) is 4.66. The number of allylic oxidation sites excluding steroid dienone is 1. The van der Waals surface area contributed by atoms with Crippen LogP contribution < -0.4 is 10.2 Å². The van der Waals surface area contributed by atoms with E-state index in [1.54, 1.807) is 6.33 Å². The fourth-order valence-corrected chi connectivity index (χ4v) is 4.66. The lowest BCUT2D eigenvalue weighted by atomic mass is 9.51. The smallest absolute Gasteiger partial charge is 0.157 e. The van der Waals surface area contributed by atoms with Gasteiger partial charge in [0.2, 0.25) is 0 Å². The Hall–Kier alpha value is -3.21. The summed E-state index contributed by atoms with van der Waals surface area (Å²) in [5.74, 6) is 0.805. The molecule has 3 aromatic rings. The minimum atomic E-state index is -0.100. The maximum atomic E-state index is 4.59. The molecule has 0 amide bonds. The maximum Gasteiger partial charge on any atom is 0.157 e. The number of hydrogen-bond donors (Lipinski definition) is 1. The molecule has 3 heterocycles. The second kappa shape index (κ2) is 5.89. The van der Waals surface area contributed by atoms with Crippen molar-refractivity contribution >= 4 is 22.9 Å². The number of nitrogens with one attached hydrogen (secondary N) is 1. The molecule has 5 heteroatoms. The van der Waals surface area contributed by atoms with Gasteiger partial charge in [-0.2, -0.15) is 0 Å². The molecule has 140 valence electrons. The molecule has 0 bridgehead atoms. The zero-order chi connectivity index (χ0) is 19.4. The highest BCUT2D eigenvalue weighted by molar-refractivity contribution is 5.80. The molecule has 5 rings (SSSR count). The number of hydrogen-bond acceptors (Lipinski definition) is 5. The van der Waals surface area contributed by atoms with Gasteiger partial charge in [0.15, 0.2) is 5.82 Å². The largest absolute Gasteiger partial charge is 0.338 e. The minimum absolute atomic E-state index is 0.0779. The number of nitrogens with zero attached hydrogens (tertiary/aromatic N) is 4. The topological polar surface area (TPSA) is 53.9 Å². The van der Waals surface area contributed by atoms with Gasteiger partial charge in [-0.25, -0.2) is 9.97 Å². The van der Waals surface area contributed by atoms with Crippen LogP contribution in [-0.2, 0) is 5.41 Å². The summed E-state index contributed by atoms with van der Waals surface area (Å²) in [4.78, 5) is 15.5. The third kappa shape index (κ3) is 2.16. The highest BCUT2D eigenvalue weighted by atomic mass is 15.2. The molecular weight excluding hydrogens is 346 g/mol. The van der Waals surface area contributed by atoms with E-state index in [0.29, 0.717) is 0 Å². The van der Waals surface area contributed by atoms with Gasteiger partial charge >= 0.3 is 0 Å². The summed E-state index contributed by atoms with van der Waals surface area (Å²) in [5.41, 5.74) is 4.23. The van der Waals surface area contributed by atoms with Crippen molar-refractivity contribution in [3.05, 3.63) is 79.0 Å². The Balaban J connectivity index is 1.80. The van der Waals surface area contributed by atoms with Crippen LogP contribution in [0.4, 0.5) is 22.9 Å². The van der Waals surface area contributed by atoms with Gasteiger partial charge in [-0.05, 0) is 30.7 Å². The Labute approximate surface area is 165 Å². The van der Waals surface area contributed by atoms with Gasteiger partial charge in [-0.15, -0.1) is 0 Å². The lowest BCUT2D eigenvalue weighted by Gasteiger charge is -2.56. The van der Waals surface area contributed by atoms with Crippen molar-refractivity contribution in [2.45, 2.75) is 32.2 Å². The summed E-state index contributed by atoms with van der Waals surface area (Å²) in [6.07, 6.45) is 11.8. The number of aromatic nitrogens is 3. The standard InChI is InChI=1S/C23H23N5/c1-16-22(2)10-11-23(22,3)18-6-4-5-7-19(18)27-21-20(14-25-15-26-21)28(16)17-8-12-24-13-9-17/h4-16H,1-3H3,(H,25,26,27). The molecule has 2 aromatic heterocycles. The number of benzene rings is 1. The predicted octanol–water partition coefficient (Wildman–Crippen LogP) is 4.99. The van der Waals surface area contributed by atoms with Crippen LogP contribution in [0, 0.1) is 5.41 Å². The molecule has 0 radical (unpaired) electrons. The Kier molecular flexibility index (Phi) is 3.56. The third-order valence-electron chi connectivity index (χ3n) is 6.77. The van der Waals surface area contributed by atoms with E-state index in [1.165, 1.54) is 5.56 Å². The quantitative estimate of drug-likeness (QED) is 0.613. The van der Waals surface area contributed by atoms with Gasteiger partial charge in [-0.1, -0.05) is 44.2 Å². The van der Waals surface area contributed by atoms with Crippen molar-refractivity contribution in [3.63, 3.8) is 0 Å². The molecule has 0 saturated carbocycles. The lowest BCUT2D eigenvalue weighted by Crippen LogP contribution is -2.56. The molecule has 3 unspecified atom stereocenters. The Morgan fingerprint density at radius 2 is 1.79 bits per heavy atom. The van der Waals surface area contributed by atoms with Gasteiger partial charge in [0.1, 0.15) is 12.0 Å². The predicted molar refractivity (Wildman–Crippen MR) is 112 cm³/mol. The molecule has 1 aliphatic heterocycles. The van der Waals surface area contributed by atoms with Gasteiger partial charge < -0.3 is 10.2 Å². The van der Waals surface area contributed by atoms with Crippen LogP contribution in [0.2, 0.25) is 0 Å². The Morgan fingerprint density at radius 3 is 2.54 bits per heavy atom. The van der Waals surface area contributed by atoms with E-state index >= 15 is 0 Å². The molecule has 5 nitrogen and oxygen atoms in total. The number of anilines is 4. The minimum Gasteiger partial charge on any atom is -0.338 e. The summed E-state index contributed by atoms with van der Waals surface area (Å²) in [7, 11) is 0. The summed E-state index contributed by atoms with van der Waals surface area (Å²) >= 11 is 0. The van der Waals surface area contributed by atoms with Crippen LogP contribution in [0.1, 0.15) is 26.3 Å². The van der Waals surface area contributed by atoms with E-state index in [1.807, 2.05) is 30.7 Å². The first-order valence-corrected chi connectivity index (χ1v) is 9.61. The first-order chi connectivity index (χ1) is 13.5. The Morgan fingerprint density at radius 1 is 1.00 bits per heavy atom. The molecule has 1 N–H and O–H groups in total. The maximum absolute atomic E-state index is 4.59. The van der Waals surface area contributed by atoms with Crippen molar-refractivity contribution in [3.8, 4) is 0 Å².